The molecule has 0 bridgehead atoms. The number of hydrogen-bond donors (Lipinski definition) is 2. The Morgan fingerprint density at radius 2 is 2.32 bits per heavy atom. The highest BCUT2D eigenvalue weighted by molar-refractivity contribution is 7.13. The molecule has 6 nitrogen and oxygen atoms in total. The van der Waals surface area contributed by atoms with Crippen LogP contribution in [0.4, 0.5) is 5.00 Å². The van der Waals surface area contributed by atoms with E-state index in [4.69, 9.17) is 5.73 Å². The normalized spacial score (nSPS) is 17.2. The maximum Gasteiger partial charge on any atom is 0.324 e. The van der Waals surface area contributed by atoms with Crippen LogP contribution in [0.25, 0.3) is 0 Å². The highest BCUT2D eigenvalue weighted by Crippen LogP contribution is 2.39. The van der Waals surface area contributed by atoms with E-state index in [1.165, 1.54) is 11.4 Å². The molecule has 0 spiro atoms. The molecule has 1 atom stereocenters. The zero-order chi connectivity index (χ0) is 13.3. The Balaban J connectivity index is 0.00000180. The summed E-state index contributed by atoms with van der Waals surface area (Å²) in [5.74, 6) is 0.124. The lowest BCUT2D eigenvalue weighted by atomic mass is 9.95. The molecular weight excluding hydrogens is 290 g/mol. The van der Waals surface area contributed by atoms with Gasteiger partial charge in [0.2, 0.25) is 0 Å². The predicted molar refractivity (Wildman–Crippen MR) is 75.9 cm³/mol. The molecule has 19 heavy (non-hydrogen) atoms. The van der Waals surface area contributed by atoms with Crippen LogP contribution in [-0.4, -0.2) is 22.9 Å². The van der Waals surface area contributed by atoms with Gasteiger partial charge in [-0.3, -0.25) is 14.9 Å². The minimum atomic E-state index is -0.496. The number of nitrogens with two attached hydrogens (primary N) is 1. The van der Waals surface area contributed by atoms with Crippen molar-refractivity contribution in [1.82, 2.24) is 5.32 Å². The van der Waals surface area contributed by atoms with Crippen LogP contribution in [-0.2, 0) is 0 Å². The number of hydrogen-bond acceptors (Lipinski definition) is 5. The first kappa shape index (κ1) is 15.9. The van der Waals surface area contributed by atoms with Crippen molar-refractivity contribution in [2.45, 2.75) is 25.3 Å². The first-order chi connectivity index (χ1) is 8.46. The molecule has 1 aromatic heterocycles. The number of amides is 1. The fourth-order valence-electron chi connectivity index (χ4n) is 1.91. The van der Waals surface area contributed by atoms with Gasteiger partial charge >= 0.3 is 5.00 Å². The van der Waals surface area contributed by atoms with Crippen molar-refractivity contribution < 1.29 is 9.72 Å². The standard InChI is InChI=1S/C11H15N3O3S.ClH/c1-11(6-12,8-2-3-8)13-10(15)7-4-9(14(16)17)18-5-7;/h4-5,8H,2-3,6,12H2,1H3,(H,13,15);1H. The van der Waals surface area contributed by atoms with Crippen LogP contribution >= 0.6 is 23.7 Å². The van der Waals surface area contributed by atoms with E-state index in [0.29, 0.717) is 18.0 Å². The summed E-state index contributed by atoms with van der Waals surface area (Å²) in [4.78, 5) is 22.1. The molecule has 1 heterocycles. The van der Waals surface area contributed by atoms with Crippen LogP contribution in [0.1, 0.15) is 30.1 Å². The number of nitrogens with one attached hydrogen (secondary N) is 1. The second kappa shape index (κ2) is 5.85. The molecule has 1 aromatic rings. The van der Waals surface area contributed by atoms with Crippen LogP contribution in [0, 0.1) is 16.0 Å². The van der Waals surface area contributed by atoms with Crippen molar-refractivity contribution in [2.75, 3.05) is 6.54 Å². The maximum atomic E-state index is 12.0. The number of rotatable bonds is 5. The first-order valence-corrected chi connectivity index (χ1v) is 6.60. The molecule has 0 saturated heterocycles. The van der Waals surface area contributed by atoms with Crippen molar-refractivity contribution in [1.29, 1.82) is 0 Å². The number of halogens is 1. The Labute approximate surface area is 120 Å². The number of carbonyl (C=O) groups is 1. The molecule has 1 aliphatic rings. The van der Waals surface area contributed by atoms with Crippen LogP contribution in [0.5, 0.6) is 0 Å². The van der Waals surface area contributed by atoms with E-state index in [1.54, 1.807) is 0 Å². The molecule has 1 aliphatic carbocycles. The SMILES string of the molecule is CC(CN)(NC(=O)c1csc([N+](=O)[O-])c1)C1CC1.Cl. The highest BCUT2D eigenvalue weighted by Gasteiger charge is 2.41. The molecule has 1 saturated carbocycles. The molecule has 2 rings (SSSR count). The van der Waals surface area contributed by atoms with E-state index in [1.807, 2.05) is 6.92 Å². The predicted octanol–water partition coefficient (Wildman–Crippen LogP) is 1.94. The van der Waals surface area contributed by atoms with E-state index in [0.717, 1.165) is 24.2 Å². The lowest BCUT2D eigenvalue weighted by Gasteiger charge is -2.29. The summed E-state index contributed by atoms with van der Waals surface area (Å²) in [6, 6.07) is 1.30. The minimum Gasteiger partial charge on any atom is -0.345 e. The Hall–Kier alpha value is -1.18. The number of carbonyl (C=O) groups excluding carboxylic acids is 1. The lowest BCUT2D eigenvalue weighted by molar-refractivity contribution is -0.380. The molecule has 0 radical (unpaired) electrons. The van der Waals surface area contributed by atoms with Gasteiger partial charge in [0.15, 0.2) is 0 Å². The fourth-order valence-corrected chi connectivity index (χ4v) is 2.62. The lowest BCUT2D eigenvalue weighted by Crippen LogP contribution is -2.53. The molecule has 1 amide bonds. The van der Waals surface area contributed by atoms with Crippen LogP contribution in [0.2, 0.25) is 0 Å². The van der Waals surface area contributed by atoms with Gasteiger partial charge < -0.3 is 11.1 Å². The number of nitrogens with zero attached hydrogens (tertiary/aromatic N) is 1. The van der Waals surface area contributed by atoms with E-state index in [-0.39, 0.29) is 23.3 Å². The second-order valence-electron chi connectivity index (χ2n) is 4.78. The average molecular weight is 306 g/mol. The minimum absolute atomic E-state index is 0. The molecular formula is C11H16ClN3O3S. The average Bonchev–Trinajstić information content (AvgIpc) is 3.06. The molecule has 1 fully saturated rings. The third-order valence-corrected chi connectivity index (χ3v) is 4.21. The van der Waals surface area contributed by atoms with E-state index in [9.17, 15) is 14.9 Å². The van der Waals surface area contributed by atoms with Crippen LogP contribution < -0.4 is 11.1 Å². The second-order valence-corrected chi connectivity index (χ2v) is 5.67. The van der Waals surface area contributed by atoms with Crippen molar-refractivity contribution in [3.05, 3.63) is 27.1 Å². The van der Waals surface area contributed by atoms with Gasteiger partial charge in [-0.25, -0.2) is 0 Å². The quantitative estimate of drug-likeness (QED) is 0.641. The zero-order valence-electron chi connectivity index (χ0n) is 10.4. The summed E-state index contributed by atoms with van der Waals surface area (Å²) in [7, 11) is 0. The number of nitro groups is 1. The van der Waals surface area contributed by atoms with Gasteiger partial charge in [0.05, 0.1) is 16.0 Å². The maximum absolute atomic E-state index is 12.0. The van der Waals surface area contributed by atoms with E-state index < -0.39 is 10.5 Å². The third-order valence-electron chi connectivity index (χ3n) is 3.33. The van der Waals surface area contributed by atoms with Gasteiger partial charge in [-0.05, 0) is 25.7 Å². The molecule has 106 valence electrons. The Morgan fingerprint density at radius 1 is 1.68 bits per heavy atom. The van der Waals surface area contributed by atoms with Crippen molar-refractivity contribution in [2.24, 2.45) is 11.7 Å². The smallest absolute Gasteiger partial charge is 0.324 e. The molecule has 3 N–H and O–H groups in total. The topological polar surface area (TPSA) is 98.3 Å². The van der Waals surface area contributed by atoms with Gasteiger partial charge in [0.1, 0.15) is 0 Å². The summed E-state index contributed by atoms with van der Waals surface area (Å²) in [6.07, 6.45) is 2.13. The van der Waals surface area contributed by atoms with E-state index >= 15 is 0 Å². The Kier molecular flexibility index (Phi) is 4.89. The van der Waals surface area contributed by atoms with Crippen LogP contribution in [0.3, 0.4) is 0 Å². The fraction of sp³-hybridized carbons (Fsp3) is 0.545. The van der Waals surface area contributed by atoms with E-state index in [2.05, 4.69) is 5.32 Å². The zero-order valence-corrected chi connectivity index (χ0v) is 12.1. The monoisotopic (exact) mass is 305 g/mol. The highest BCUT2D eigenvalue weighted by atomic mass is 35.5. The largest absolute Gasteiger partial charge is 0.345 e. The van der Waals surface area contributed by atoms with Gasteiger partial charge in [0.25, 0.3) is 5.91 Å². The van der Waals surface area contributed by atoms with Gasteiger partial charge in [-0.1, -0.05) is 11.3 Å². The Bertz CT molecular complexity index is 489. The first-order valence-electron chi connectivity index (χ1n) is 5.72. The van der Waals surface area contributed by atoms with Gasteiger partial charge in [-0.15, -0.1) is 12.4 Å². The van der Waals surface area contributed by atoms with Gasteiger partial charge in [-0.2, -0.15) is 0 Å². The third kappa shape index (κ3) is 3.43. The van der Waals surface area contributed by atoms with Crippen molar-refractivity contribution in [3.63, 3.8) is 0 Å². The van der Waals surface area contributed by atoms with Crippen molar-refractivity contribution in [3.8, 4) is 0 Å². The summed E-state index contributed by atoms with van der Waals surface area (Å²) in [5, 5.41) is 14.9. The summed E-state index contributed by atoms with van der Waals surface area (Å²) in [5.41, 5.74) is 5.62. The molecule has 1 unspecified atom stereocenters. The summed E-state index contributed by atoms with van der Waals surface area (Å²) in [6.45, 7) is 2.29. The number of thiophene rings is 1. The molecule has 0 aromatic carbocycles. The molecule has 8 heteroatoms. The summed E-state index contributed by atoms with van der Waals surface area (Å²) >= 11 is 0.952. The van der Waals surface area contributed by atoms with Crippen molar-refractivity contribution >= 4 is 34.7 Å². The van der Waals surface area contributed by atoms with Crippen LogP contribution in [0.15, 0.2) is 11.4 Å². The summed E-state index contributed by atoms with van der Waals surface area (Å²) < 4.78 is 0. The van der Waals surface area contributed by atoms with Gasteiger partial charge in [0, 0.05) is 18.0 Å². The Morgan fingerprint density at radius 3 is 2.74 bits per heavy atom. The molecule has 0 aliphatic heterocycles.